The van der Waals surface area contributed by atoms with Gasteiger partial charge in [-0.2, -0.15) is 0 Å². The van der Waals surface area contributed by atoms with Crippen LogP contribution in [0.15, 0.2) is 72.8 Å². The zero-order valence-corrected chi connectivity index (χ0v) is 22.0. The Bertz CT molecular complexity index is 1110. The molecular weight excluding hydrogens is 444 g/mol. The molecule has 0 fully saturated rings. The molecular formula is C32H40N2O2. The molecule has 4 nitrogen and oxygen atoms in total. The van der Waals surface area contributed by atoms with E-state index in [4.69, 9.17) is 4.74 Å². The van der Waals surface area contributed by atoms with Crippen LogP contribution in [0, 0.1) is 0 Å². The number of benzene rings is 3. The Hall–Kier alpha value is -3.11. The average molecular weight is 485 g/mol. The number of hydrogen-bond acceptors (Lipinski definition) is 3. The van der Waals surface area contributed by atoms with Crippen LogP contribution in [0.1, 0.15) is 66.9 Å². The van der Waals surface area contributed by atoms with Crippen LogP contribution < -0.4 is 10.1 Å². The molecule has 0 saturated heterocycles. The second-order valence-corrected chi connectivity index (χ2v) is 9.87. The molecule has 2 atom stereocenters. The molecule has 0 aromatic heterocycles. The Morgan fingerprint density at radius 3 is 2.42 bits per heavy atom. The van der Waals surface area contributed by atoms with Gasteiger partial charge < -0.3 is 10.1 Å². The molecule has 0 heterocycles. The second-order valence-electron chi connectivity index (χ2n) is 9.87. The Balaban J connectivity index is 1.25. The first-order valence-corrected chi connectivity index (χ1v) is 13.5. The highest BCUT2D eigenvalue weighted by Gasteiger charge is 2.31. The van der Waals surface area contributed by atoms with Crippen LogP contribution in [0.25, 0.3) is 11.1 Å². The molecule has 1 N–H and O–H groups in total. The van der Waals surface area contributed by atoms with E-state index in [9.17, 15) is 4.79 Å². The summed E-state index contributed by atoms with van der Waals surface area (Å²) < 4.78 is 5.63. The van der Waals surface area contributed by atoms with E-state index in [1.807, 2.05) is 42.5 Å². The summed E-state index contributed by atoms with van der Waals surface area (Å²) in [5.41, 5.74) is 5.83. The van der Waals surface area contributed by atoms with Gasteiger partial charge in [-0.25, -0.2) is 0 Å². The number of methoxy groups -OCH3 is 1. The van der Waals surface area contributed by atoms with E-state index in [2.05, 4.69) is 54.4 Å². The van der Waals surface area contributed by atoms with Gasteiger partial charge in [-0.3, -0.25) is 9.69 Å². The monoisotopic (exact) mass is 484 g/mol. The normalized spacial score (nSPS) is 17.0. The molecule has 0 radical (unpaired) electrons. The predicted molar refractivity (Wildman–Crippen MR) is 149 cm³/mol. The van der Waals surface area contributed by atoms with Gasteiger partial charge in [-0.1, -0.05) is 68.4 Å². The van der Waals surface area contributed by atoms with Gasteiger partial charge >= 0.3 is 0 Å². The third-order valence-corrected chi connectivity index (χ3v) is 7.54. The molecule has 1 aliphatic carbocycles. The molecule has 0 spiro atoms. The summed E-state index contributed by atoms with van der Waals surface area (Å²) in [7, 11) is 1.77. The van der Waals surface area contributed by atoms with E-state index in [0.717, 1.165) is 55.6 Å². The molecule has 3 aromatic carbocycles. The standard InChI is InChI=1S/C32H40N2O2/c1-4-22-34(30-20-19-29-28(24(30)2)13-10-14-31(29)36-3)23-9-8-21-33-32(35)27-17-15-26(16-18-27)25-11-6-5-7-12-25/h5-7,10-18,24,30H,4,8-9,19-23H2,1-3H3,(H,33,35)/t24-,30+/m1/s1. The smallest absolute Gasteiger partial charge is 0.251 e. The largest absolute Gasteiger partial charge is 0.496 e. The highest BCUT2D eigenvalue weighted by Crippen LogP contribution is 2.38. The molecule has 4 heteroatoms. The maximum atomic E-state index is 12.6. The van der Waals surface area contributed by atoms with Crippen molar-refractivity contribution in [3.05, 3.63) is 89.5 Å². The highest BCUT2D eigenvalue weighted by atomic mass is 16.5. The summed E-state index contributed by atoms with van der Waals surface area (Å²) in [4.78, 5) is 15.3. The number of nitrogens with zero attached hydrogens (tertiary/aromatic N) is 1. The maximum absolute atomic E-state index is 12.6. The van der Waals surface area contributed by atoms with Crippen molar-refractivity contribution in [3.63, 3.8) is 0 Å². The highest BCUT2D eigenvalue weighted by molar-refractivity contribution is 5.94. The fourth-order valence-corrected chi connectivity index (χ4v) is 5.64. The lowest BCUT2D eigenvalue weighted by Crippen LogP contribution is -2.42. The number of nitrogens with one attached hydrogen (secondary N) is 1. The minimum Gasteiger partial charge on any atom is -0.496 e. The van der Waals surface area contributed by atoms with Crippen molar-refractivity contribution in [2.75, 3.05) is 26.7 Å². The van der Waals surface area contributed by atoms with Gasteiger partial charge in [0.25, 0.3) is 5.91 Å². The van der Waals surface area contributed by atoms with Crippen molar-refractivity contribution in [1.29, 1.82) is 0 Å². The lowest BCUT2D eigenvalue weighted by molar-refractivity contribution is 0.0951. The summed E-state index contributed by atoms with van der Waals surface area (Å²) in [5, 5.41) is 3.11. The third kappa shape index (κ3) is 6.17. The van der Waals surface area contributed by atoms with Crippen LogP contribution >= 0.6 is 0 Å². The second kappa shape index (κ2) is 12.7. The van der Waals surface area contributed by atoms with Gasteiger partial charge in [0.05, 0.1) is 7.11 Å². The molecule has 0 saturated carbocycles. The van der Waals surface area contributed by atoms with E-state index < -0.39 is 0 Å². The first-order valence-electron chi connectivity index (χ1n) is 13.5. The van der Waals surface area contributed by atoms with Crippen LogP contribution in [0.5, 0.6) is 5.75 Å². The molecule has 1 amide bonds. The van der Waals surface area contributed by atoms with E-state index in [1.165, 1.54) is 17.5 Å². The quantitative estimate of drug-likeness (QED) is 0.308. The lowest BCUT2D eigenvalue weighted by atomic mass is 9.79. The van der Waals surface area contributed by atoms with Gasteiger partial charge in [-0.05, 0) is 91.6 Å². The summed E-state index contributed by atoms with van der Waals surface area (Å²) in [6.07, 6.45) is 5.48. The molecule has 1 aliphatic rings. The van der Waals surface area contributed by atoms with E-state index in [0.29, 0.717) is 24.1 Å². The van der Waals surface area contributed by atoms with Crippen LogP contribution in [-0.4, -0.2) is 43.6 Å². The summed E-state index contributed by atoms with van der Waals surface area (Å²) in [6, 6.07) is 25.2. The van der Waals surface area contributed by atoms with Gasteiger partial charge in [0, 0.05) is 18.2 Å². The molecule has 3 aromatic rings. The molecule has 0 aliphatic heterocycles. The van der Waals surface area contributed by atoms with Crippen molar-refractivity contribution in [2.24, 2.45) is 0 Å². The molecule has 0 bridgehead atoms. The molecule has 0 unspecified atom stereocenters. The van der Waals surface area contributed by atoms with E-state index in [1.54, 1.807) is 7.11 Å². The first kappa shape index (κ1) is 26.0. The minimum absolute atomic E-state index is 0.00600. The van der Waals surface area contributed by atoms with E-state index >= 15 is 0 Å². The minimum atomic E-state index is 0.00600. The van der Waals surface area contributed by atoms with Gasteiger partial charge in [-0.15, -0.1) is 0 Å². The summed E-state index contributed by atoms with van der Waals surface area (Å²) in [5.74, 6) is 1.53. The zero-order valence-electron chi connectivity index (χ0n) is 22.0. The number of carbonyl (C=O) groups is 1. The molecule has 36 heavy (non-hydrogen) atoms. The molecule has 190 valence electrons. The first-order chi connectivity index (χ1) is 17.6. The zero-order chi connectivity index (χ0) is 25.3. The van der Waals surface area contributed by atoms with E-state index in [-0.39, 0.29) is 5.91 Å². The Kier molecular flexibility index (Phi) is 9.18. The Morgan fingerprint density at radius 2 is 1.69 bits per heavy atom. The van der Waals surface area contributed by atoms with Gasteiger partial charge in [0.15, 0.2) is 0 Å². The third-order valence-electron chi connectivity index (χ3n) is 7.54. The van der Waals surface area contributed by atoms with Crippen molar-refractivity contribution >= 4 is 5.91 Å². The number of ether oxygens (including phenoxy) is 1. The van der Waals surface area contributed by atoms with Crippen LogP contribution in [0.2, 0.25) is 0 Å². The fraction of sp³-hybridized carbons (Fsp3) is 0.406. The number of amides is 1. The Labute approximate surface area is 216 Å². The average Bonchev–Trinajstić information content (AvgIpc) is 2.93. The number of fused-ring (bicyclic) bond motifs is 1. The number of hydrogen-bond donors (Lipinski definition) is 1. The van der Waals surface area contributed by atoms with Crippen molar-refractivity contribution in [3.8, 4) is 16.9 Å². The maximum Gasteiger partial charge on any atom is 0.251 e. The number of rotatable bonds is 11. The number of unbranched alkanes of at least 4 members (excludes halogenated alkanes) is 1. The van der Waals surface area contributed by atoms with Crippen molar-refractivity contribution in [1.82, 2.24) is 10.2 Å². The fourth-order valence-electron chi connectivity index (χ4n) is 5.64. The molecule has 4 rings (SSSR count). The van der Waals surface area contributed by atoms with Crippen LogP contribution in [0.3, 0.4) is 0 Å². The van der Waals surface area contributed by atoms with Crippen molar-refractivity contribution < 1.29 is 9.53 Å². The lowest BCUT2D eigenvalue weighted by Gasteiger charge is -2.40. The van der Waals surface area contributed by atoms with Crippen LogP contribution in [-0.2, 0) is 6.42 Å². The number of carbonyl (C=O) groups excluding carboxylic acids is 1. The van der Waals surface area contributed by atoms with Crippen LogP contribution in [0.4, 0.5) is 0 Å². The Morgan fingerprint density at radius 1 is 0.944 bits per heavy atom. The van der Waals surface area contributed by atoms with Gasteiger partial charge in [0.1, 0.15) is 5.75 Å². The van der Waals surface area contributed by atoms with Gasteiger partial charge in [0.2, 0.25) is 0 Å². The predicted octanol–water partition coefficient (Wildman–Crippen LogP) is 6.70. The summed E-state index contributed by atoms with van der Waals surface area (Å²) in [6.45, 7) is 7.53. The topological polar surface area (TPSA) is 41.6 Å². The SMILES string of the molecule is CCCN(CCCCNC(=O)c1ccc(-c2ccccc2)cc1)[C@H]1CCc2c(OC)cccc2[C@H]1C. The summed E-state index contributed by atoms with van der Waals surface area (Å²) >= 11 is 0. The van der Waals surface area contributed by atoms with Crippen molar-refractivity contribution in [2.45, 2.75) is 57.9 Å².